The molecular formula is C21H27ClN4O2. The third-order valence-corrected chi connectivity index (χ3v) is 4.31. The Bertz CT molecular complexity index is 824. The summed E-state index contributed by atoms with van der Waals surface area (Å²) in [7, 11) is 1.62. The van der Waals surface area contributed by atoms with Crippen molar-refractivity contribution in [1.82, 2.24) is 10.6 Å². The molecule has 0 aromatic heterocycles. The molecule has 6 nitrogen and oxygen atoms in total. The lowest BCUT2D eigenvalue weighted by Crippen LogP contribution is -2.38. The number of nitrogens with zero attached hydrogens (tertiary/aromatic N) is 1. The molecule has 0 radical (unpaired) electrons. The normalized spacial score (nSPS) is 11.1. The molecule has 150 valence electrons. The van der Waals surface area contributed by atoms with Gasteiger partial charge in [0.2, 0.25) is 5.91 Å². The molecule has 0 atom stereocenters. The van der Waals surface area contributed by atoms with Gasteiger partial charge >= 0.3 is 0 Å². The smallest absolute Gasteiger partial charge is 0.221 e. The fourth-order valence-electron chi connectivity index (χ4n) is 2.64. The SMILES string of the molecule is CCNC(=NCc1cccc(NC(C)=O)c1)NCCc1ccc(OC)cc1Cl. The predicted octanol–water partition coefficient (Wildman–Crippen LogP) is 3.60. The van der Waals surface area contributed by atoms with E-state index in [1.54, 1.807) is 7.11 Å². The molecule has 2 rings (SSSR count). The number of hydrogen-bond acceptors (Lipinski definition) is 3. The molecule has 28 heavy (non-hydrogen) atoms. The minimum Gasteiger partial charge on any atom is -0.497 e. The number of amides is 1. The van der Waals surface area contributed by atoms with E-state index in [9.17, 15) is 4.79 Å². The largest absolute Gasteiger partial charge is 0.497 e. The number of carbonyl (C=O) groups is 1. The topological polar surface area (TPSA) is 74.8 Å². The number of aliphatic imine (C=N–C) groups is 1. The molecule has 0 unspecified atom stereocenters. The molecule has 0 fully saturated rings. The van der Waals surface area contributed by atoms with Gasteiger partial charge in [0, 0.05) is 30.7 Å². The van der Waals surface area contributed by atoms with Gasteiger partial charge in [-0.1, -0.05) is 29.8 Å². The maximum atomic E-state index is 11.2. The first-order valence-corrected chi connectivity index (χ1v) is 9.60. The second-order valence-corrected chi connectivity index (χ2v) is 6.62. The third-order valence-electron chi connectivity index (χ3n) is 3.96. The summed E-state index contributed by atoms with van der Waals surface area (Å²) in [5.41, 5.74) is 2.84. The van der Waals surface area contributed by atoms with E-state index in [1.807, 2.05) is 49.4 Å². The van der Waals surface area contributed by atoms with E-state index in [2.05, 4.69) is 20.9 Å². The highest BCUT2D eigenvalue weighted by atomic mass is 35.5. The van der Waals surface area contributed by atoms with Crippen LogP contribution in [-0.2, 0) is 17.8 Å². The summed E-state index contributed by atoms with van der Waals surface area (Å²) in [5, 5.41) is 10.0. The lowest BCUT2D eigenvalue weighted by atomic mass is 10.1. The second-order valence-electron chi connectivity index (χ2n) is 6.21. The molecule has 2 aromatic carbocycles. The van der Waals surface area contributed by atoms with Gasteiger partial charge in [-0.15, -0.1) is 0 Å². The quantitative estimate of drug-likeness (QED) is 0.466. The highest BCUT2D eigenvalue weighted by Crippen LogP contribution is 2.22. The first kappa shape index (κ1) is 21.6. The highest BCUT2D eigenvalue weighted by Gasteiger charge is 2.04. The summed E-state index contributed by atoms with van der Waals surface area (Å²) < 4.78 is 5.18. The maximum Gasteiger partial charge on any atom is 0.221 e. The van der Waals surface area contributed by atoms with Crippen LogP contribution in [0.3, 0.4) is 0 Å². The number of carbonyl (C=O) groups excluding carboxylic acids is 1. The van der Waals surface area contributed by atoms with E-state index in [0.717, 1.165) is 41.5 Å². The number of rotatable bonds is 8. The van der Waals surface area contributed by atoms with Crippen LogP contribution < -0.4 is 20.7 Å². The maximum absolute atomic E-state index is 11.2. The van der Waals surface area contributed by atoms with Crippen LogP contribution in [0.15, 0.2) is 47.5 Å². The van der Waals surface area contributed by atoms with Gasteiger partial charge in [-0.05, 0) is 48.7 Å². The number of ether oxygens (including phenoxy) is 1. The fourth-order valence-corrected chi connectivity index (χ4v) is 2.90. The zero-order chi connectivity index (χ0) is 20.4. The Balaban J connectivity index is 1.94. The molecule has 0 spiro atoms. The molecule has 0 bridgehead atoms. The summed E-state index contributed by atoms with van der Waals surface area (Å²) in [6, 6.07) is 13.4. The number of halogens is 1. The number of guanidine groups is 1. The van der Waals surface area contributed by atoms with Crippen molar-refractivity contribution in [3.63, 3.8) is 0 Å². The Morgan fingerprint density at radius 2 is 2.00 bits per heavy atom. The van der Waals surface area contributed by atoms with E-state index in [1.165, 1.54) is 6.92 Å². The number of nitrogens with one attached hydrogen (secondary N) is 3. The minimum atomic E-state index is -0.0900. The summed E-state index contributed by atoms with van der Waals surface area (Å²) in [6.07, 6.45) is 0.769. The summed E-state index contributed by atoms with van der Waals surface area (Å²) in [6.45, 7) is 5.49. The van der Waals surface area contributed by atoms with E-state index < -0.39 is 0 Å². The van der Waals surface area contributed by atoms with Gasteiger partial charge in [0.25, 0.3) is 0 Å². The minimum absolute atomic E-state index is 0.0900. The van der Waals surface area contributed by atoms with Crippen molar-refractivity contribution in [2.75, 3.05) is 25.5 Å². The number of anilines is 1. The lowest BCUT2D eigenvalue weighted by molar-refractivity contribution is -0.114. The van der Waals surface area contributed by atoms with E-state index in [0.29, 0.717) is 18.1 Å². The fraction of sp³-hybridized carbons (Fsp3) is 0.333. The Hall–Kier alpha value is -2.73. The van der Waals surface area contributed by atoms with Crippen LogP contribution in [0.4, 0.5) is 5.69 Å². The first-order chi connectivity index (χ1) is 13.5. The van der Waals surface area contributed by atoms with Crippen molar-refractivity contribution in [1.29, 1.82) is 0 Å². The molecule has 7 heteroatoms. The Kier molecular flexibility index (Phi) is 8.62. The zero-order valence-electron chi connectivity index (χ0n) is 16.5. The van der Waals surface area contributed by atoms with Crippen molar-refractivity contribution >= 4 is 29.2 Å². The average Bonchev–Trinajstić information content (AvgIpc) is 2.67. The second kappa shape index (κ2) is 11.2. The molecular weight excluding hydrogens is 376 g/mol. The third kappa shape index (κ3) is 7.12. The van der Waals surface area contributed by atoms with Gasteiger partial charge < -0.3 is 20.7 Å². The molecule has 0 saturated heterocycles. The molecule has 0 aliphatic rings. The van der Waals surface area contributed by atoms with E-state index in [4.69, 9.17) is 16.3 Å². The molecule has 3 N–H and O–H groups in total. The Morgan fingerprint density at radius 1 is 1.18 bits per heavy atom. The van der Waals surface area contributed by atoms with Gasteiger partial charge in [-0.2, -0.15) is 0 Å². The number of hydrogen-bond donors (Lipinski definition) is 3. The van der Waals surface area contributed by atoms with Crippen molar-refractivity contribution < 1.29 is 9.53 Å². The van der Waals surface area contributed by atoms with E-state index in [-0.39, 0.29) is 5.91 Å². The summed E-state index contributed by atoms with van der Waals surface area (Å²) in [4.78, 5) is 15.8. The van der Waals surface area contributed by atoms with Crippen LogP contribution in [0.25, 0.3) is 0 Å². The van der Waals surface area contributed by atoms with Gasteiger partial charge in [-0.3, -0.25) is 4.79 Å². The first-order valence-electron chi connectivity index (χ1n) is 9.23. The monoisotopic (exact) mass is 402 g/mol. The molecule has 1 amide bonds. The van der Waals surface area contributed by atoms with Crippen LogP contribution in [0.1, 0.15) is 25.0 Å². The standard InChI is InChI=1S/C21H27ClN4O2/c1-4-23-21(24-11-10-17-8-9-19(28-3)13-20(17)22)25-14-16-6-5-7-18(12-16)26-15(2)27/h5-9,12-13H,4,10-11,14H2,1-3H3,(H,26,27)(H2,23,24,25). The van der Waals surface area contributed by atoms with Crippen molar-refractivity contribution in [2.45, 2.75) is 26.8 Å². The van der Waals surface area contributed by atoms with Gasteiger partial charge in [-0.25, -0.2) is 4.99 Å². The Labute approximate surface area is 171 Å². The Morgan fingerprint density at radius 3 is 2.68 bits per heavy atom. The van der Waals surface area contributed by atoms with Crippen LogP contribution in [0.2, 0.25) is 5.02 Å². The molecule has 0 heterocycles. The number of methoxy groups -OCH3 is 1. The van der Waals surface area contributed by atoms with Gasteiger partial charge in [0.15, 0.2) is 5.96 Å². The van der Waals surface area contributed by atoms with Crippen LogP contribution in [0.5, 0.6) is 5.75 Å². The lowest BCUT2D eigenvalue weighted by Gasteiger charge is -2.12. The van der Waals surface area contributed by atoms with Crippen LogP contribution >= 0.6 is 11.6 Å². The molecule has 2 aromatic rings. The number of benzene rings is 2. The van der Waals surface area contributed by atoms with Gasteiger partial charge in [0.05, 0.1) is 13.7 Å². The van der Waals surface area contributed by atoms with Crippen LogP contribution in [-0.4, -0.2) is 32.1 Å². The van der Waals surface area contributed by atoms with Gasteiger partial charge in [0.1, 0.15) is 5.75 Å². The predicted molar refractivity (Wildman–Crippen MR) is 115 cm³/mol. The average molecular weight is 403 g/mol. The van der Waals surface area contributed by atoms with Crippen molar-refractivity contribution in [2.24, 2.45) is 4.99 Å². The molecule has 0 aliphatic carbocycles. The van der Waals surface area contributed by atoms with Crippen molar-refractivity contribution in [3.05, 3.63) is 58.6 Å². The van der Waals surface area contributed by atoms with Crippen molar-refractivity contribution in [3.8, 4) is 5.75 Å². The highest BCUT2D eigenvalue weighted by molar-refractivity contribution is 6.31. The van der Waals surface area contributed by atoms with E-state index >= 15 is 0 Å². The molecule has 0 aliphatic heterocycles. The summed E-state index contributed by atoms with van der Waals surface area (Å²) in [5.74, 6) is 1.39. The zero-order valence-corrected chi connectivity index (χ0v) is 17.3. The summed E-state index contributed by atoms with van der Waals surface area (Å²) >= 11 is 6.29. The molecule has 0 saturated carbocycles. The van der Waals surface area contributed by atoms with Crippen LogP contribution in [0, 0.1) is 0 Å².